The number of halogens is 1. The molecule has 0 N–H and O–H groups in total. The van der Waals surface area contributed by atoms with Gasteiger partial charge in [-0.15, -0.1) is 22.9 Å². The van der Waals surface area contributed by atoms with Crippen molar-refractivity contribution in [3.05, 3.63) is 39.2 Å². The van der Waals surface area contributed by atoms with Gasteiger partial charge in [0.2, 0.25) is 0 Å². The topological polar surface area (TPSA) is 43.6 Å². The summed E-state index contributed by atoms with van der Waals surface area (Å²) >= 11 is 7.82. The largest absolute Gasteiger partial charge is 0.303 e. The van der Waals surface area contributed by atoms with Crippen LogP contribution in [0.25, 0.3) is 11.2 Å². The van der Waals surface area contributed by atoms with Crippen LogP contribution in [0.4, 0.5) is 0 Å². The van der Waals surface area contributed by atoms with Crippen LogP contribution in [-0.2, 0) is 5.88 Å². The van der Waals surface area contributed by atoms with Crippen LogP contribution in [0.3, 0.4) is 0 Å². The van der Waals surface area contributed by atoms with E-state index < -0.39 is 0 Å². The number of nitrogens with zero attached hydrogens (tertiary/aromatic N) is 4. The molecule has 3 heterocycles. The van der Waals surface area contributed by atoms with Crippen LogP contribution in [0.1, 0.15) is 40.1 Å². The molecular formula is C15H17ClN4S. The molecule has 0 aliphatic heterocycles. The second-order valence-corrected chi connectivity index (χ2v) is 6.69. The van der Waals surface area contributed by atoms with E-state index in [1.165, 1.54) is 4.88 Å². The molecule has 110 valence electrons. The van der Waals surface area contributed by atoms with Gasteiger partial charge in [0.1, 0.15) is 11.3 Å². The Kier molecular flexibility index (Phi) is 3.71. The summed E-state index contributed by atoms with van der Waals surface area (Å²) in [4.78, 5) is 15.0. The fraction of sp³-hybridized carbons (Fsp3) is 0.400. The monoisotopic (exact) mass is 320 g/mol. The van der Waals surface area contributed by atoms with Gasteiger partial charge in [0.25, 0.3) is 0 Å². The minimum Gasteiger partial charge on any atom is -0.303 e. The summed E-state index contributed by atoms with van der Waals surface area (Å²) in [5.41, 5.74) is 3.83. The Hall–Kier alpha value is -1.46. The maximum absolute atomic E-state index is 6.10. The maximum atomic E-state index is 6.10. The molecule has 0 bridgehead atoms. The molecule has 3 rings (SSSR count). The van der Waals surface area contributed by atoms with Crippen LogP contribution in [0.15, 0.2) is 12.1 Å². The molecule has 3 aromatic heterocycles. The molecule has 0 amide bonds. The Labute approximate surface area is 132 Å². The number of aromatic nitrogens is 4. The summed E-state index contributed by atoms with van der Waals surface area (Å²) in [6.45, 7) is 8.23. The van der Waals surface area contributed by atoms with Gasteiger partial charge >= 0.3 is 0 Å². The van der Waals surface area contributed by atoms with E-state index >= 15 is 0 Å². The van der Waals surface area contributed by atoms with Crippen LogP contribution in [0, 0.1) is 20.8 Å². The highest BCUT2D eigenvalue weighted by Gasteiger charge is 2.21. The van der Waals surface area contributed by atoms with Gasteiger partial charge in [-0.3, -0.25) is 0 Å². The highest BCUT2D eigenvalue weighted by Crippen LogP contribution is 2.31. The van der Waals surface area contributed by atoms with Gasteiger partial charge in [-0.05, 0) is 39.8 Å². The van der Waals surface area contributed by atoms with E-state index in [-0.39, 0.29) is 6.04 Å². The Morgan fingerprint density at radius 3 is 2.57 bits per heavy atom. The van der Waals surface area contributed by atoms with Crippen molar-refractivity contribution >= 4 is 34.1 Å². The molecule has 6 heteroatoms. The van der Waals surface area contributed by atoms with E-state index in [0.29, 0.717) is 5.88 Å². The molecule has 0 saturated carbocycles. The lowest BCUT2D eigenvalue weighted by Crippen LogP contribution is -2.10. The second-order valence-electron chi connectivity index (χ2n) is 5.19. The lowest BCUT2D eigenvalue weighted by molar-refractivity contribution is 0.634. The summed E-state index contributed by atoms with van der Waals surface area (Å²) < 4.78 is 2.13. The van der Waals surface area contributed by atoms with Crippen molar-refractivity contribution in [1.29, 1.82) is 0 Å². The molecule has 1 atom stereocenters. The van der Waals surface area contributed by atoms with Crippen LogP contribution in [-0.4, -0.2) is 19.5 Å². The summed E-state index contributed by atoms with van der Waals surface area (Å²) in [5.74, 6) is 1.22. The lowest BCUT2D eigenvalue weighted by Gasteiger charge is -2.15. The number of fused-ring (bicyclic) bond motifs is 1. The molecule has 4 nitrogen and oxygen atoms in total. The van der Waals surface area contributed by atoms with Gasteiger partial charge in [0.05, 0.1) is 27.5 Å². The van der Waals surface area contributed by atoms with Crippen LogP contribution < -0.4 is 0 Å². The normalized spacial score (nSPS) is 13.0. The fourth-order valence-corrected chi connectivity index (χ4v) is 3.83. The minimum absolute atomic E-state index is 0.129. The Morgan fingerprint density at radius 1 is 1.19 bits per heavy atom. The zero-order valence-electron chi connectivity index (χ0n) is 12.5. The third kappa shape index (κ3) is 2.45. The first-order chi connectivity index (χ1) is 10.0. The first-order valence-corrected chi connectivity index (χ1v) is 8.20. The predicted octanol–water partition coefficient (Wildman–Crippen LogP) is 4.16. The van der Waals surface area contributed by atoms with E-state index in [9.17, 15) is 0 Å². The maximum Gasteiger partial charge on any atom is 0.160 e. The van der Waals surface area contributed by atoms with Gasteiger partial charge in [-0.25, -0.2) is 15.0 Å². The number of thiazole rings is 1. The Bertz CT molecular complexity index is 805. The van der Waals surface area contributed by atoms with Crippen molar-refractivity contribution in [2.75, 3.05) is 0 Å². The molecule has 0 aliphatic carbocycles. The highest BCUT2D eigenvalue weighted by molar-refractivity contribution is 7.11. The standard InChI is InChI=1S/C15H17ClN4S/c1-8-5-6-12-15(17-8)20(13(7-16)19-12)10(3)14-9(2)18-11(4)21-14/h5-6,10H,7H2,1-4H3. The average Bonchev–Trinajstić information content (AvgIpc) is 2.97. The number of rotatable bonds is 3. The first-order valence-electron chi connectivity index (χ1n) is 6.85. The van der Waals surface area contributed by atoms with Crippen molar-refractivity contribution in [1.82, 2.24) is 19.5 Å². The Morgan fingerprint density at radius 2 is 1.95 bits per heavy atom. The van der Waals surface area contributed by atoms with Crippen molar-refractivity contribution in [3.63, 3.8) is 0 Å². The third-order valence-electron chi connectivity index (χ3n) is 3.58. The molecule has 3 aromatic rings. The molecule has 0 aliphatic rings. The number of alkyl halides is 1. The van der Waals surface area contributed by atoms with E-state index in [4.69, 9.17) is 11.6 Å². The summed E-state index contributed by atoms with van der Waals surface area (Å²) in [7, 11) is 0. The summed E-state index contributed by atoms with van der Waals surface area (Å²) in [6.07, 6.45) is 0. The summed E-state index contributed by atoms with van der Waals surface area (Å²) in [5, 5.41) is 1.08. The molecule has 0 saturated heterocycles. The predicted molar refractivity (Wildman–Crippen MR) is 87.2 cm³/mol. The Balaban J connectivity index is 2.22. The first kappa shape index (κ1) is 14.5. The molecule has 0 aromatic carbocycles. The quantitative estimate of drug-likeness (QED) is 0.680. The second kappa shape index (κ2) is 5.39. The van der Waals surface area contributed by atoms with Crippen LogP contribution in [0.2, 0.25) is 0 Å². The number of aryl methyl sites for hydroxylation is 3. The zero-order chi connectivity index (χ0) is 15.1. The van der Waals surface area contributed by atoms with Crippen molar-refractivity contribution < 1.29 is 0 Å². The van der Waals surface area contributed by atoms with Gasteiger partial charge in [-0.2, -0.15) is 0 Å². The number of hydrogen-bond acceptors (Lipinski definition) is 4. The van der Waals surface area contributed by atoms with E-state index in [2.05, 4.69) is 26.4 Å². The smallest absolute Gasteiger partial charge is 0.160 e. The van der Waals surface area contributed by atoms with E-state index in [1.807, 2.05) is 32.9 Å². The highest BCUT2D eigenvalue weighted by atomic mass is 35.5. The molecule has 0 radical (unpaired) electrons. The van der Waals surface area contributed by atoms with Gasteiger partial charge < -0.3 is 4.57 Å². The third-order valence-corrected chi connectivity index (χ3v) is 5.06. The number of imidazole rings is 1. The molecule has 0 spiro atoms. The van der Waals surface area contributed by atoms with Gasteiger partial charge in [-0.1, -0.05) is 0 Å². The van der Waals surface area contributed by atoms with Crippen molar-refractivity contribution in [2.24, 2.45) is 0 Å². The molecular weight excluding hydrogens is 304 g/mol. The van der Waals surface area contributed by atoms with Gasteiger partial charge in [0.15, 0.2) is 5.65 Å². The van der Waals surface area contributed by atoms with Crippen molar-refractivity contribution in [3.8, 4) is 0 Å². The summed E-state index contributed by atoms with van der Waals surface area (Å²) in [6, 6.07) is 4.11. The molecule has 21 heavy (non-hydrogen) atoms. The van der Waals surface area contributed by atoms with Gasteiger partial charge in [0, 0.05) is 5.69 Å². The van der Waals surface area contributed by atoms with Crippen LogP contribution in [0.5, 0.6) is 0 Å². The van der Waals surface area contributed by atoms with E-state index in [0.717, 1.165) is 33.4 Å². The van der Waals surface area contributed by atoms with Crippen LogP contribution >= 0.6 is 22.9 Å². The molecule has 1 unspecified atom stereocenters. The molecule has 0 fully saturated rings. The number of hydrogen-bond donors (Lipinski definition) is 0. The average molecular weight is 321 g/mol. The van der Waals surface area contributed by atoms with E-state index in [1.54, 1.807) is 11.3 Å². The SMILES string of the molecule is Cc1ccc2nc(CCl)n(C(C)c3sc(C)nc3C)c2n1. The minimum atomic E-state index is 0.129. The van der Waals surface area contributed by atoms with Crippen molar-refractivity contribution in [2.45, 2.75) is 39.6 Å². The fourth-order valence-electron chi connectivity index (χ4n) is 2.67. The lowest BCUT2D eigenvalue weighted by atomic mass is 10.2. The number of pyridine rings is 1. The zero-order valence-corrected chi connectivity index (χ0v) is 14.1.